The fourth-order valence-electron chi connectivity index (χ4n) is 2.93. The Morgan fingerprint density at radius 2 is 1.62 bits per heavy atom. The van der Waals surface area contributed by atoms with Crippen molar-refractivity contribution in [3.05, 3.63) is 78.0 Å². The van der Waals surface area contributed by atoms with Crippen molar-refractivity contribution in [3.8, 4) is 6.07 Å². The molecule has 0 aliphatic carbocycles. The van der Waals surface area contributed by atoms with Crippen LogP contribution in [0.25, 0.3) is 0 Å². The van der Waals surface area contributed by atoms with Gasteiger partial charge in [-0.25, -0.2) is 4.98 Å². The number of nitriles is 1. The molecule has 0 unspecified atom stereocenters. The van der Waals surface area contributed by atoms with Crippen molar-refractivity contribution in [2.75, 3.05) is 28.6 Å². The molecule has 0 saturated heterocycles. The Bertz CT molecular complexity index is 985. The highest BCUT2D eigenvalue weighted by Gasteiger charge is 2.07. The molecule has 1 heterocycles. The number of hydrogen-bond acceptors (Lipinski definition) is 5. The van der Waals surface area contributed by atoms with Gasteiger partial charge in [0.15, 0.2) is 0 Å². The number of pyridine rings is 1. The van der Waals surface area contributed by atoms with E-state index < -0.39 is 0 Å². The third-order valence-electron chi connectivity index (χ3n) is 4.57. The average molecular weight is 385 g/mol. The highest BCUT2D eigenvalue weighted by atomic mass is 16.1. The average Bonchev–Trinajstić information content (AvgIpc) is 2.77. The summed E-state index contributed by atoms with van der Waals surface area (Å²) in [5.74, 6) is 0.410. The molecular formula is C23H23N5O. The summed E-state index contributed by atoms with van der Waals surface area (Å²) in [6, 6.07) is 20.4. The zero-order chi connectivity index (χ0) is 20.6. The number of carbonyl (C=O) groups is 1. The molecule has 0 bridgehead atoms. The van der Waals surface area contributed by atoms with Crippen LogP contribution in [0.15, 0.2) is 66.9 Å². The first-order valence-electron chi connectivity index (χ1n) is 9.52. The second kappa shape index (κ2) is 9.38. The Balaban J connectivity index is 1.62. The number of hydrogen-bond donors (Lipinski definition) is 2. The van der Waals surface area contributed by atoms with Gasteiger partial charge in [-0.3, -0.25) is 4.79 Å². The van der Waals surface area contributed by atoms with E-state index in [0.717, 1.165) is 18.8 Å². The Kier molecular flexibility index (Phi) is 6.43. The minimum atomic E-state index is -0.252. The lowest BCUT2D eigenvalue weighted by molar-refractivity contribution is 0.102. The second-order valence-electron chi connectivity index (χ2n) is 6.42. The van der Waals surface area contributed by atoms with Crippen LogP contribution >= 0.6 is 0 Å². The summed E-state index contributed by atoms with van der Waals surface area (Å²) in [4.78, 5) is 19.0. The van der Waals surface area contributed by atoms with Gasteiger partial charge in [0, 0.05) is 36.3 Å². The predicted octanol–water partition coefficient (Wildman–Crippen LogP) is 4.80. The van der Waals surface area contributed by atoms with E-state index in [2.05, 4.69) is 46.5 Å². The number of aromatic nitrogens is 1. The van der Waals surface area contributed by atoms with Gasteiger partial charge in [-0.2, -0.15) is 5.26 Å². The molecule has 0 aliphatic heterocycles. The number of nitrogens with zero attached hydrogens (tertiary/aromatic N) is 3. The zero-order valence-corrected chi connectivity index (χ0v) is 16.5. The van der Waals surface area contributed by atoms with Crippen LogP contribution in [-0.4, -0.2) is 24.0 Å². The maximum Gasteiger partial charge on any atom is 0.257 e. The molecule has 1 amide bonds. The van der Waals surface area contributed by atoms with Gasteiger partial charge >= 0.3 is 0 Å². The van der Waals surface area contributed by atoms with Crippen molar-refractivity contribution in [2.45, 2.75) is 13.8 Å². The zero-order valence-electron chi connectivity index (χ0n) is 16.5. The lowest BCUT2D eigenvalue weighted by Gasteiger charge is -2.21. The standard InChI is InChI=1S/C23H23N5O/c1-3-28(4-2)21-12-10-19(11-13-21)26-22-14-7-18(16-25-22)23(29)27-20-8-5-17(15-24)6-9-20/h5-14,16H,3-4H2,1-2H3,(H,25,26)(H,27,29). The highest BCUT2D eigenvalue weighted by molar-refractivity contribution is 6.04. The van der Waals surface area contributed by atoms with Crippen molar-refractivity contribution in [2.24, 2.45) is 0 Å². The van der Waals surface area contributed by atoms with Crippen LogP contribution in [-0.2, 0) is 0 Å². The first-order valence-corrected chi connectivity index (χ1v) is 9.52. The molecule has 3 rings (SSSR count). The van der Waals surface area contributed by atoms with E-state index in [-0.39, 0.29) is 5.91 Å². The van der Waals surface area contributed by atoms with Crippen LogP contribution < -0.4 is 15.5 Å². The predicted molar refractivity (Wildman–Crippen MR) is 117 cm³/mol. The van der Waals surface area contributed by atoms with Gasteiger partial charge in [-0.1, -0.05) is 0 Å². The summed E-state index contributed by atoms with van der Waals surface area (Å²) in [5, 5.41) is 14.9. The third kappa shape index (κ3) is 5.11. The smallest absolute Gasteiger partial charge is 0.257 e. The van der Waals surface area contributed by atoms with Gasteiger partial charge < -0.3 is 15.5 Å². The van der Waals surface area contributed by atoms with Crippen LogP contribution in [0.3, 0.4) is 0 Å². The molecule has 0 saturated carbocycles. The van der Waals surface area contributed by atoms with Crippen LogP contribution in [0, 0.1) is 11.3 Å². The second-order valence-corrected chi connectivity index (χ2v) is 6.42. The van der Waals surface area contributed by atoms with Crippen molar-refractivity contribution in [1.29, 1.82) is 5.26 Å². The molecule has 2 N–H and O–H groups in total. The molecule has 3 aromatic rings. The number of anilines is 4. The lowest BCUT2D eigenvalue weighted by Crippen LogP contribution is -2.21. The first kappa shape index (κ1) is 19.9. The Labute approximate surface area is 170 Å². The van der Waals surface area contributed by atoms with Crippen molar-refractivity contribution < 1.29 is 4.79 Å². The monoisotopic (exact) mass is 385 g/mol. The molecule has 1 aromatic heterocycles. The van der Waals surface area contributed by atoms with Crippen LogP contribution in [0.4, 0.5) is 22.9 Å². The summed E-state index contributed by atoms with van der Waals surface area (Å²) in [6.07, 6.45) is 1.53. The van der Waals surface area contributed by atoms with E-state index in [4.69, 9.17) is 5.26 Å². The molecule has 146 valence electrons. The molecule has 0 fully saturated rings. The first-order chi connectivity index (χ1) is 14.1. The maximum absolute atomic E-state index is 12.4. The molecule has 6 nitrogen and oxygen atoms in total. The van der Waals surface area contributed by atoms with E-state index in [1.807, 2.05) is 18.2 Å². The molecule has 0 atom stereocenters. The topological polar surface area (TPSA) is 81.0 Å². The SMILES string of the molecule is CCN(CC)c1ccc(Nc2ccc(C(=O)Nc3ccc(C#N)cc3)cn2)cc1. The largest absolute Gasteiger partial charge is 0.372 e. The van der Waals surface area contributed by atoms with Gasteiger partial charge in [-0.05, 0) is 74.5 Å². The molecule has 0 radical (unpaired) electrons. The molecular weight excluding hydrogens is 362 g/mol. The highest BCUT2D eigenvalue weighted by Crippen LogP contribution is 2.20. The van der Waals surface area contributed by atoms with Crippen molar-refractivity contribution in [3.63, 3.8) is 0 Å². The minimum absolute atomic E-state index is 0.252. The fourth-order valence-corrected chi connectivity index (χ4v) is 2.93. The van der Waals surface area contributed by atoms with Crippen molar-refractivity contribution in [1.82, 2.24) is 4.98 Å². The normalized spacial score (nSPS) is 10.1. The van der Waals surface area contributed by atoms with Gasteiger partial charge in [0.25, 0.3) is 5.91 Å². The summed E-state index contributed by atoms with van der Waals surface area (Å²) < 4.78 is 0. The number of carbonyl (C=O) groups excluding carboxylic acids is 1. The fraction of sp³-hybridized carbons (Fsp3) is 0.174. The minimum Gasteiger partial charge on any atom is -0.372 e. The molecule has 6 heteroatoms. The van der Waals surface area contributed by atoms with Gasteiger partial charge in [0.1, 0.15) is 5.82 Å². The summed E-state index contributed by atoms with van der Waals surface area (Å²) in [7, 11) is 0. The Morgan fingerprint density at radius 3 is 2.17 bits per heavy atom. The van der Waals surface area contributed by atoms with Crippen LogP contribution in [0.1, 0.15) is 29.8 Å². The Hall–Kier alpha value is -3.85. The van der Waals surface area contributed by atoms with E-state index in [1.165, 1.54) is 11.9 Å². The van der Waals surface area contributed by atoms with E-state index in [9.17, 15) is 4.79 Å². The van der Waals surface area contributed by atoms with Gasteiger partial charge in [0.2, 0.25) is 0 Å². The summed E-state index contributed by atoms with van der Waals surface area (Å²) in [6.45, 7) is 6.21. The quantitative estimate of drug-likeness (QED) is 0.611. The van der Waals surface area contributed by atoms with E-state index in [1.54, 1.807) is 36.4 Å². The lowest BCUT2D eigenvalue weighted by atomic mass is 10.2. The van der Waals surface area contributed by atoms with Crippen molar-refractivity contribution >= 4 is 28.8 Å². The number of nitrogens with one attached hydrogen (secondary N) is 2. The Morgan fingerprint density at radius 1 is 0.966 bits per heavy atom. The molecule has 0 aliphatic rings. The van der Waals surface area contributed by atoms with Crippen LogP contribution in [0.2, 0.25) is 0 Å². The van der Waals surface area contributed by atoms with Gasteiger partial charge in [-0.15, -0.1) is 0 Å². The summed E-state index contributed by atoms with van der Waals surface area (Å²) >= 11 is 0. The molecule has 0 spiro atoms. The van der Waals surface area contributed by atoms with E-state index in [0.29, 0.717) is 22.6 Å². The summed E-state index contributed by atoms with van der Waals surface area (Å²) in [5.41, 5.74) is 3.75. The maximum atomic E-state index is 12.4. The van der Waals surface area contributed by atoms with Gasteiger partial charge in [0.05, 0.1) is 17.2 Å². The number of benzene rings is 2. The van der Waals surface area contributed by atoms with Crippen LogP contribution in [0.5, 0.6) is 0 Å². The third-order valence-corrected chi connectivity index (χ3v) is 4.57. The van der Waals surface area contributed by atoms with E-state index >= 15 is 0 Å². The number of amides is 1. The molecule has 2 aromatic carbocycles. The molecule has 29 heavy (non-hydrogen) atoms. The number of rotatable bonds is 7.